The first kappa shape index (κ1) is 20.5. The summed E-state index contributed by atoms with van der Waals surface area (Å²) in [6.07, 6.45) is 4.90. The van der Waals surface area contributed by atoms with Gasteiger partial charge in [0.05, 0.1) is 11.1 Å². The molecule has 0 unspecified atom stereocenters. The molecule has 0 aromatic heterocycles. The van der Waals surface area contributed by atoms with E-state index in [1.165, 1.54) is 12.0 Å². The summed E-state index contributed by atoms with van der Waals surface area (Å²) in [6.45, 7) is 1.78. The van der Waals surface area contributed by atoms with Crippen molar-refractivity contribution in [2.24, 2.45) is 0 Å². The van der Waals surface area contributed by atoms with Crippen molar-refractivity contribution in [2.75, 3.05) is 39.9 Å². The predicted molar refractivity (Wildman–Crippen MR) is 108 cm³/mol. The van der Waals surface area contributed by atoms with Gasteiger partial charge in [-0.1, -0.05) is 19.3 Å². The Morgan fingerprint density at radius 3 is 2.23 bits per heavy atom. The molecule has 1 aromatic rings. The van der Waals surface area contributed by atoms with Crippen molar-refractivity contribution in [1.82, 2.24) is 14.7 Å². The lowest BCUT2D eigenvalue weighted by Crippen LogP contribution is -2.51. The first-order valence-corrected chi connectivity index (χ1v) is 10.6. The van der Waals surface area contributed by atoms with Gasteiger partial charge >= 0.3 is 0 Å². The zero-order chi connectivity index (χ0) is 21.3. The molecule has 1 saturated carbocycles. The van der Waals surface area contributed by atoms with E-state index in [0.29, 0.717) is 42.9 Å². The lowest BCUT2D eigenvalue weighted by molar-refractivity contribution is -0.136. The van der Waals surface area contributed by atoms with Crippen molar-refractivity contribution < 1.29 is 23.9 Å². The van der Waals surface area contributed by atoms with Crippen LogP contribution in [-0.4, -0.2) is 84.3 Å². The molecule has 8 nitrogen and oxygen atoms in total. The Morgan fingerprint density at radius 2 is 1.57 bits per heavy atom. The zero-order valence-corrected chi connectivity index (χ0v) is 17.3. The molecule has 4 amide bonds. The summed E-state index contributed by atoms with van der Waals surface area (Å²) < 4.78 is 4.88. The summed E-state index contributed by atoms with van der Waals surface area (Å²) in [5.41, 5.74) is 1.11. The first-order chi connectivity index (χ1) is 14.5. The third kappa shape index (κ3) is 3.71. The van der Waals surface area contributed by atoms with E-state index in [4.69, 9.17) is 4.74 Å². The second-order valence-corrected chi connectivity index (χ2v) is 8.14. The second kappa shape index (κ2) is 8.55. The molecule has 0 atom stereocenters. The van der Waals surface area contributed by atoms with Crippen LogP contribution in [0.5, 0.6) is 0 Å². The van der Waals surface area contributed by atoms with Crippen molar-refractivity contribution in [2.45, 2.75) is 38.1 Å². The fraction of sp³-hybridized carbons (Fsp3) is 0.545. The third-order valence-electron chi connectivity index (χ3n) is 6.29. The smallest absolute Gasteiger partial charge is 0.261 e. The van der Waals surface area contributed by atoms with Crippen LogP contribution in [0.3, 0.4) is 0 Å². The van der Waals surface area contributed by atoms with E-state index in [1.807, 2.05) is 0 Å². The van der Waals surface area contributed by atoms with Gasteiger partial charge in [0.2, 0.25) is 5.91 Å². The van der Waals surface area contributed by atoms with Gasteiger partial charge < -0.3 is 14.5 Å². The van der Waals surface area contributed by atoms with E-state index in [2.05, 4.69) is 0 Å². The molecule has 1 aliphatic carbocycles. The van der Waals surface area contributed by atoms with Gasteiger partial charge in [0.1, 0.15) is 6.61 Å². The van der Waals surface area contributed by atoms with Gasteiger partial charge in [-0.05, 0) is 31.0 Å². The summed E-state index contributed by atoms with van der Waals surface area (Å²) in [7, 11) is 1.48. The van der Waals surface area contributed by atoms with Crippen molar-refractivity contribution in [1.29, 1.82) is 0 Å². The fourth-order valence-corrected chi connectivity index (χ4v) is 4.62. The number of hydrogen-bond acceptors (Lipinski definition) is 5. The normalized spacial score (nSPS) is 20.0. The summed E-state index contributed by atoms with van der Waals surface area (Å²) in [5.74, 6) is -0.806. The zero-order valence-electron chi connectivity index (χ0n) is 17.3. The maximum atomic E-state index is 13.0. The molecule has 0 radical (unpaired) electrons. The number of carbonyl (C=O) groups is 4. The van der Waals surface area contributed by atoms with E-state index >= 15 is 0 Å². The van der Waals surface area contributed by atoms with Crippen LogP contribution in [0.4, 0.5) is 0 Å². The molecular formula is C22H27N3O5. The average Bonchev–Trinajstić information content (AvgIpc) is 3.03. The van der Waals surface area contributed by atoms with Gasteiger partial charge in [-0.3, -0.25) is 24.1 Å². The number of rotatable bonds is 4. The van der Waals surface area contributed by atoms with E-state index < -0.39 is 0 Å². The molecule has 1 aromatic carbocycles. The predicted octanol–water partition coefficient (Wildman–Crippen LogP) is 1.55. The fourth-order valence-electron chi connectivity index (χ4n) is 4.62. The molecule has 2 aliphatic heterocycles. The Kier molecular flexibility index (Phi) is 5.85. The van der Waals surface area contributed by atoms with Crippen molar-refractivity contribution >= 4 is 23.6 Å². The van der Waals surface area contributed by atoms with Gasteiger partial charge in [0.25, 0.3) is 17.7 Å². The summed E-state index contributed by atoms with van der Waals surface area (Å²) in [5, 5.41) is 0. The lowest BCUT2D eigenvalue weighted by Gasteiger charge is -2.34. The highest BCUT2D eigenvalue weighted by atomic mass is 16.5. The largest absolute Gasteiger partial charge is 0.375 e. The van der Waals surface area contributed by atoms with Crippen LogP contribution in [0.15, 0.2) is 18.2 Å². The van der Waals surface area contributed by atoms with Gasteiger partial charge in [-0.25, -0.2) is 0 Å². The van der Waals surface area contributed by atoms with Gasteiger partial charge in [0, 0.05) is 44.9 Å². The SMILES string of the molecule is COCC(=O)N1CCN(C(=O)c2ccc3c(c2)C(=O)N(C2CCCCC2)C3=O)CC1. The molecule has 2 heterocycles. The number of carbonyl (C=O) groups excluding carboxylic acids is 4. The lowest BCUT2D eigenvalue weighted by atomic mass is 9.94. The second-order valence-electron chi connectivity index (χ2n) is 8.14. The molecule has 8 heteroatoms. The summed E-state index contributed by atoms with van der Waals surface area (Å²) in [6, 6.07) is 4.75. The van der Waals surface area contributed by atoms with Crippen LogP contribution in [-0.2, 0) is 9.53 Å². The highest BCUT2D eigenvalue weighted by molar-refractivity contribution is 6.22. The van der Waals surface area contributed by atoms with E-state index in [0.717, 1.165) is 32.1 Å². The molecule has 1 saturated heterocycles. The Bertz CT molecular complexity index is 870. The number of methoxy groups -OCH3 is 1. The molecule has 0 N–H and O–H groups in total. The van der Waals surface area contributed by atoms with Crippen LogP contribution in [0.25, 0.3) is 0 Å². The topological polar surface area (TPSA) is 87.2 Å². The number of piperazine rings is 1. The standard InChI is InChI=1S/C22H27N3O5/c1-30-14-19(26)23-9-11-24(12-10-23)20(27)15-7-8-17-18(13-15)22(29)25(21(17)28)16-5-3-2-4-6-16/h7-8,13,16H,2-6,9-12,14H2,1H3. The Labute approximate surface area is 175 Å². The van der Waals surface area contributed by atoms with E-state index in [9.17, 15) is 19.2 Å². The van der Waals surface area contributed by atoms with E-state index in [-0.39, 0.29) is 36.3 Å². The minimum Gasteiger partial charge on any atom is -0.375 e. The molecule has 3 aliphatic rings. The average molecular weight is 413 g/mol. The van der Waals surface area contributed by atoms with Gasteiger partial charge in [-0.15, -0.1) is 0 Å². The molecule has 0 bridgehead atoms. The van der Waals surface area contributed by atoms with Crippen LogP contribution in [0.1, 0.15) is 63.2 Å². The number of amides is 4. The minimum atomic E-state index is -0.286. The number of ether oxygens (including phenoxy) is 1. The summed E-state index contributed by atoms with van der Waals surface area (Å²) >= 11 is 0. The molecular weight excluding hydrogens is 386 g/mol. The van der Waals surface area contributed by atoms with Crippen LogP contribution in [0.2, 0.25) is 0 Å². The minimum absolute atomic E-state index is 0.0341. The van der Waals surface area contributed by atoms with Gasteiger partial charge in [0.15, 0.2) is 0 Å². The Hall–Kier alpha value is -2.74. The Balaban J connectivity index is 1.46. The van der Waals surface area contributed by atoms with Crippen LogP contribution >= 0.6 is 0 Å². The number of nitrogens with zero attached hydrogens (tertiary/aromatic N) is 3. The molecule has 4 rings (SSSR count). The van der Waals surface area contributed by atoms with Crippen molar-refractivity contribution in [3.8, 4) is 0 Å². The highest BCUT2D eigenvalue weighted by Gasteiger charge is 2.40. The number of imide groups is 1. The van der Waals surface area contributed by atoms with Crippen LogP contribution in [0, 0.1) is 0 Å². The van der Waals surface area contributed by atoms with Crippen LogP contribution < -0.4 is 0 Å². The quantitative estimate of drug-likeness (QED) is 0.699. The number of hydrogen-bond donors (Lipinski definition) is 0. The maximum Gasteiger partial charge on any atom is 0.261 e. The highest BCUT2D eigenvalue weighted by Crippen LogP contribution is 2.31. The third-order valence-corrected chi connectivity index (χ3v) is 6.29. The first-order valence-electron chi connectivity index (χ1n) is 10.6. The molecule has 0 spiro atoms. The van der Waals surface area contributed by atoms with Crippen molar-refractivity contribution in [3.05, 3.63) is 34.9 Å². The van der Waals surface area contributed by atoms with Gasteiger partial charge in [-0.2, -0.15) is 0 Å². The van der Waals surface area contributed by atoms with E-state index in [1.54, 1.807) is 28.0 Å². The molecule has 30 heavy (non-hydrogen) atoms. The molecule has 2 fully saturated rings. The molecule has 160 valence electrons. The monoisotopic (exact) mass is 413 g/mol. The number of benzene rings is 1. The summed E-state index contributed by atoms with van der Waals surface area (Å²) in [4.78, 5) is 55.4. The maximum absolute atomic E-state index is 13.0. The number of fused-ring (bicyclic) bond motifs is 1. The van der Waals surface area contributed by atoms with Crippen molar-refractivity contribution in [3.63, 3.8) is 0 Å². The Morgan fingerprint density at radius 1 is 0.933 bits per heavy atom.